The minimum atomic E-state index is 0.168. The van der Waals surface area contributed by atoms with Gasteiger partial charge in [-0.25, -0.2) is 4.98 Å². The van der Waals surface area contributed by atoms with Crippen LogP contribution in [0.4, 0.5) is 5.95 Å². The van der Waals surface area contributed by atoms with E-state index in [0.717, 1.165) is 51.1 Å². The first-order valence-electron chi connectivity index (χ1n) is 8.26. The summed E-state index contributed by atoms with van der Waals surface area (Å²) in [5.74, 6) is 1.74. The summed E-state index contributed by atoms with van der Waals surface area (Å²) >= 11 is 0. The Labute approximate surface area is 137 Å². The smallest absolute Gasteiger partial charge is 0.228 e. The van der Waals surface area contributed by atoms with Crippen molar-refractivity contribution in [1.82, 2.24) is 14.9 Å². The van der Waals surface area contributed by atoms with Gasteiger partial charge in [-0.3, -0.25) is 4.79 Å². The summed E-state index contributed by atoms with van der Waals surface area (Å²) in [4.78, 5) is 25.6. The van der Waals surface area contributed by atoms with Crippen LogP contribution in [-0.4, -0.2) is 54.1 Å². The molecule has 0 saturated carbocycles. The van der Waals surface area contributed by atoms with E-state index in [9.17, 15) is 4.79 Å². The topological polar surface area (TPSA) is 58.6 Å². The zero-order valence-corrected chi connectivity index (χ0v) is 13.9. The number of rotatable bonds is 3. The molecule has 2 aliphatic rings. The molecule has 6 heteroatoms. The summed E-state index contributed by atoms with van der Waals surface area (Å²) in [5, 5.41) is 0. The van der Waals surface area contributed by atoms with Crippen molar-refractivity contribution < 1.29 is 9.53 Å². The van der Waals surface area contributed by atoms with Gasteiger partial charge in [0.2, 0.25) is 17.7 Å². The maximum Gasteiger partial charge on any atom is 0.228 e. The van der Waals surface area contributed by atoms with E-state index < -0.39 is 0 Å². The number of allylic oxidation sites excluding steroid dienone is 2. The van der Waals surface area contributed by atoms with Crippen molar-refractivity contribution in [3.05, 3.63) is 23.9 Å². The van der Waals surface area contributed by atoms with E-state index in [1.807, 2.05) is 17.9 Å². The van der Waals surface area contributed by atoms with Crippen LogP contribution in [0.3, 0.4) is 0 Å². The van der Waals surface area contributed by atoms with Gasteiger partial charge in [-0.2, -0.15) is 4.98 Å². The SMILES string of the molecule is COc1cc(C)nc(N2CCN(C(=O)C3CC=CCC3)CC2)n1. The molecule has 1 fully saturated rings. The first-order valence-corrected chi connectivity index (χ1v) is 8.26. The number of piperazine rings is 1. The molecule has 124 valence electrons. The van der Waals surface area contributed by atoms with Crippen molar-refractivity contribution in [2.45, 2.75) is 26.2 Å². The van der Waals surface area contributed by atoms with Gasteiger partial charge in [0.25, 0.3) is 0 Å². The first-order chi connectivity index (χ1) is 11.2. The van der Waals surface area contributed by atoms with Gasteiger partial charge in [0.15, 0.2) is 0 Å². The maximum absolute atomic E-state index is 12.6. The minimum Gasteiger partial charge on any atom is -0.481 e. The summed E-state index contributed by atoms with van der Waals surface area (Å²) in [6.45, 7) is 4.93. The number of carbonyl (C=O) groups excluding carboxylic acids is 1. The molecule has 1 saturated heterocycles. The number of amides is 1. The molecule has 0 N–H and O–H groups in total. The summed E-state index contributed by atoms with van der Waals surface area (Å²) < 4.78 is 5.22. The fraction of sp³-hybridized carbons (Fsp3) is 0.588. The lowest BCUT2D eigenvalue weighted by atomic mass is 9.93. The molecule has 1 aromatic rings. The highest BCUT2D eigenvalue weighted by Crippen LogP contribution is 2.22. The average molecular weight is 316 g/mol. The molecule has 1 unspecified atom stereocenters. The second kappa shape index (κ2) is 6.98. The molecule has 1 aliphatic carbocycles. The molecular weight excluding hydrogens is 292 g/mol. The largest absolute Gasteiger partial charge is 0.481 e. The Morgan fingerprint density at radius 3 is 2.65 bits per heavy atom. The molecule has 1 amide bonds. The van der Waals surface area contributed by atoms with E-state index >= 15 is 0 Å². The molecule has 0 spiro atoms. The van der Waals surface area contributed by atoms with Crippen LogP contribution < -0.4 is 9.64 Å². The quantitative estimate of drug-likeness (QED) is 0.796. The Morgan fingerprint density at radius 2 is 2.00 bits per heavy atom. The van der Waals surface area contributed by atoms with Gasteiger partial charge in [-0.05, 0) is 26.2 Å². The zero-order valence-electron chi connectivity index (χ0n) is 13.9. The van der Waals surface area contributed by atoms with Crippen LogP contribution in [0.5, 0.6) is 5.88 Å². The highest BCUT2D eigenvalue weighted by Gasteiger charge is 2.28. The molecule has 6 nitrogen and oxygen atoms in total. The van der Waals surface area contributed by atoms with Crippen LogP contribution in [0.25, 0.3) is 0 Å². The molecule has 0 bridgehead atoms. The highest BCUT2D eigenvalue weighted by molar-refractivity contribution is 5.79. The maximum atomic E-state index is 12.6. The van der Waals surface area contributed by atoms with Crippen LogP contribution in [0.15, 0.2) is 18.2 Å². The van der Waals surface area contributed by atoms with Crippen molar-refractivity contribution in [3.8, 4) is 5.88 Å². The molecule has 3 rings (SSSR count). The fourth-order valence-corrected chi connectivity index (χ4v) is 3.17. The van der Waals surface area contributed by atoms with E-state index in [0.29, 0.717) is 17.7 Å². The molecule has 1 aromatic heterocycles. The summed E-state index contributed by atoms with van der Waals surface area (Å²) in [7, 11) is 1.61. The van der Waals surface area contributed by atoms with Crippen molar-refractivity contribution >= 4 is 11.9 Å². The molecule has 0 aromatic carbocycles. The van der Waals surface area contributed by atoms with Gasteiger partial charge >= 0.3 is 0 Å². The number of hydrogen-bond acceptors (Lipinski definition) is 5. The number of methoxy groups -OCH3 is 1. The second-order valence-electron chi connectivity index (χ2n) is 6.15. The summed E-state index contributed by atoms with van der Waals surface area (Å²) in [5.41, 5.74) is 0.888. The number of anilines is 1. The van der Waals surface area contributed by atoms with Gasteiger partial charge in [0.05, 0.1) is 7.11 Å². The van der Waals surface area contributed by atoms with Crippen molar-refractivity contribution in [3.63, 3.8) is 0 Å². The minimum absolute atomic E-state index is 0.168. The Balaban J connectivity index is 1.61. The molecule has 23 heavy (non-hydrogen) atoms. The van der Waals surface area contributed by atoms with Gasteiger partial charge in [-0.15, -0.1) is 0 Å². The van der Waals surface area contributed by atoms with E-state index in [1.165, 1.54) is 0 Å². The van der Waals surface area contributed by atoms with Crippen LogP contribution >= 0.6 is 0 Å². The van der Waals surface area contributed by atoms with E-state index in [4.69, 9.17) is 4.74 Å². The Morgan fingerprint density at radius 1 is 1.22 bits per heavy atom. The molecule has 0 radical (unpaired) electrons. The predicted octanol–water partition coefficient (Wildman–Crippen LogP) is 1.80. The Hall–Kier alpha value is -2.11. The third kappa shape index (κ3) is 3.63. The van der Waals surface area contributed by atoms with Crippen molar-refractivity contribution in [2.75, 3.05) is 38.2 Å². The number of aromatic nitrogens is 2. The number of nitrogens with zero attached hydrogens (tertiary/aromatic N) is 4. The lowest BCUT2D eigenvalue weighted by molar-refractivity contribution is -0.136. The van der Waals surface area contributed by atoms with E-state index in [1.54, 1.807) is 7.11 Å². The number of ether oxygens (including phenoxy) is 1. The average Bonchev–Trinajstić information content (AvgIpc) is 2.61. The first kappa shape index (κ1) is 15.8. The third-order valence-electron chi connectivity index (χ3n) is 4.52. The number of hydrogen-bond donors (Lipinski definition) is 0. The molecule has 1 aliphatic heterocycles. The van der Waals surface area contributed by atoms with Crippen LogP contribution in [-0.2, 0) is 4.79 Å². The van der Waals surface area contributed by atoms with Gasteiger partial charge in [-0.1, -0.05) is 12.2 Å². The fourth-order valence-electron chi connectivity index (χ4n) is 3.17. The van der Waals surface area contributed by atoms with Crippen molar-refractivity contribution in [2.24, 2.45) is 5.92 Å². The second-order valence-corrected chi connectivity index (χ2v) is 6.15. The molecular formula is C17H24N4O2. The van der Waals surface area contributed by atoms with E-state index in [-0.39, 0.29) is 5.92 Å². The monoisotopic (exact) mass is 316 g/mol. The predicted molar refractivity (Wildman–Crippen MR) is 88.6 cm³/mol. The summed E-state index contributed by atoms with van der Waals surface area (Å²) in [6, 6.07) is 1.82. The van der Waals surface area contributed by atoms with Gasteiger partial charge in [0.1, 0.15) is 0 Å². The van der Waals surface area contributed by atoms with E-state index in [2.05, 4.69) is 27.0 Å². The number of aryl methyl sites for hydroxylation is 1. The lowest BCUT2D eigenvalue weighted by Crippen LogP contribution is -2.51. The van der Waals surface area contributed by atoms with Crippen molar-refractivity contribution in [1.29, 1.82) is 0 Å². The third-order valence-corrected chi connectivity index (χ3v) is 4.52. The zero-order chi connectivity index (χ0) is 16.2. The standard InChI is InChI=1S/C17H24N4O2/c1-13-12-15(23-2)19-17(18-13)21-10-8-20(9-11-21)16(22)14-6-4-3-5-7-14/h3-4,12,14H,5-11H2,1-2H3. The number of carbonyl (C=O) groups is 1. The Kier molecular flexibility index (Phi) is 4.79. The highest BCUT2D eigenvalue weighted by atomic mass is 16.5. The molecule has 2 heterocycles. The molecule has 1 atom stereocenters. The normalized spacial score (nSPS) is 21.4. The van der Waals surface area contributed by atoms with Crippen LogP contribution in [0.1, 0.15) is 25.0 Å². The Bertz CT molecular complexity index is 594. The van der Waals surface area contributed by atoms with Crippen LogP contribution in [0.2, 0.25) is 0 Å². The van der Waals surface area contributed by atoms with Gasteiger partial charge in [0, 0.05) is 43.9 Å². The lowest BCUT2D eigenvalue weighted by Gasteiger charge is -2.36. The summed E-state index contributed by atoms with van der Waals surface area (Å²) in [6.07, 6.45) is 7.19. The van der Waals surface area contributed by atoms with Gasteiger partial charge < -0.3 is 14.5 Å². The van der Waals surface area contributed by atoms with Crippen LogP contribution in [0, 0.1) is 12.8 Å².